The standard InChI is InChI=1S/C12H14BrClO2/c1-12(2,3)16-11(15)7-8-6-9(14)4-5-10(8)13/h4-6H,7H2,1-3H3. The Hall–Kier alpha value is -0.540. The van der Waals surface area contributed by atoms with E-state index >= 15 is 0 Å². The first-order valence-electron chi connectivity index (χ1n) is 4.94. The van der Waals surface area contributed by atoms with Crippen molar-refractivity contribution in [2.45, 2.75) is 32.8 Å². The summed E-state index contributed by atoms with van der Waals surface area (Å²) < 4.78 is 6.10. The van der Waals surface area contributed by atoms with Crippen molar-refractivity contribution >= 4 is 33.5 Å². The van der Waals surface area contributed by atoms with Crippen LogP contribution >= 0.6 is 27.5 Å². The first-order chi connectivity index (χ1) is 7.28. The van der Waals surface area contributed by atoms with E-state index in [0.29, 0.717) is 5.02 Å². The fraction of sp³-hybridized carbons (Fsp3) is 0.417. The van der Waals surface area contributed by atoms with Crippen LogP contribution < -0.4 is 0 Å². The van der Waals surface area contributed by atoms with Crippen LogP contribution in [0.2, 0.25) is 5.02 Å². The van der Waals surface area contributed by atoms with Gasteiger partial charge in [0.1, 0.15) is 5.60 Å². The third kappa shape index (κ3) is 4.54. The molecule has 0 aliphatic rings. The molecule has 0 unspecified atom stereocenters. The Morgan fingerprint density at radius 2 is 2.06 bits per heavy atom. The highest BCUT2D eigenvalue weighted by Gasteiger charge is 2.17. The fourth-order valence-electron chi connectivity index (χ4n) is 1.21. The lowest BCUT2D eigenvalue weighted by atomic mass is 10.1. The zero-order chi connectivity index (χ0) is 12.3. The van der Waals surface area contributed by atoms with Crippen molar-refractivity contribution < 1.29 is 9.53 Å². The second kappa shape index (κ2) is 5.19. The van der Waals surface area contributed by atoms with Crippen LogP contribution in [0.5, 0.6) is 0 Å². The van der Waals surface area contributed by atoms with Crippen molar-refractivity contribution in [3.8, 4) is 0 Å². The van der Waals surface area contributed by atoms with E-state index in [-0.39, 0.29) is 12.4 Å². The molecular weight excluding hydrogens is 291 g/mol. The van der Waals surface area contributed by atoms with E-state index in [2.05, 4.69) is 15.9 Å². The van der Waals surface area contributed by atoms with Crippen LogP contribution in [0.3, 0.4) is 0 Å². The number of hydrogen-bond donors (Lipinski definition) is 0. The van der Waals surface area contributed by atoms with Gasteiger partial charge < -0.3 is 4.74 Å². The second-order valence-corrected chi connectivity index (χ2v) is 5.79. The molecule has 1 aromatic rings. The molecule has 0 atom stereocenters. The summed E-state index contributed by atoms with van der Waals surface area (Å²) in [6.07, 6.45) is 0.221. The van der Waals surface area contributed by atoms with Crippen molar-refractivity contribution in [2.75, 3.05) is 0 Å². The predicted octanol–water partition coefficient (Wildman–Crippen LogP) is 3.99. The van der Waals surface area contributed by atoms with E-state index in [9.17, 15) is 4.79 Å². The number of halogens is 2. The van der Waals surface area contributed by atoms with Gasteiger partial charge in [-0.2, -0.15) is 0 Å². The Kier molecular flexibility index (Phi) is 4.39. The minimum Gasteiger partial charge on any atom is -0.460 e. The largest absolute Gasteiger partial charge is 0.460 e. The Balaban J connectivity index is 2.73. The zero-order valence-electron chi connectivity index (χ0n) is 9.51. The van der Waals surface area contributed by atoms with Crippen LogP contribution in [0, 0.1) is 0 Å². The Morgan fingerprint density at radius 1 is 1.44 bits per heavy atom. The number of esters is 1. The molecule has 1 aromatic carbocycles. The minimum atomic E-state index is -0.456. The molecule has 0 fully saturated rings. The molecule has 0 saturated heterocycles. The fourth-order valence-corrected chi connectivity index (χ4v) is 1.79. The zero-order valence-corrected chi connectivity index (χ0v) is 11.9. The van der Waals surface area contributed by atoms with E-state index in [1.807, 2.05) is 26.8 Å². The third-order valence-corrected chi connectivity index (χ3v) is 2.77. The Morgan fingerprint density at radius 3 is 2.62 bits per heavy atom. The summed E-state index contributed by atoms with van der Waals surface area (Å²) in [6, 6.07) is 5.35. The molecule has 1 rings (SSSR count). The lowest BCUT2D eigenvalue weighted by molar-refractivity contribution is -0.153. The Bertz CT molecular complexity index is 396. The molecule has 0 heterocycles. The molecule has 88 valence electrons. The average molecular weight is 306 g/mol. The highest BCUT2D eigenvalue weighted by Crippen LogP contribution is 2.22. The first-order valence-corrected chi connectivity index (χ1v) is 6.11. The van der Waals surface area contributed by atoms with Gasteiger partial charge in [0.05, 0.1) is 6.42 Å². The SMILES string of the molecule is CC(C)(C)OC(=O)Cc1cc(Cl)ccc1Br. The molecule has 0 saturated carbocycles. The van der Waals surface area contributed by atoms with E-state index in [1.54, 1.807) is 12.1 Å². The lowest BCUT2D eigenvalue weighted by Crippen LogP contribution is -2.25. The summed E-state index contributed by atoms with van der Waals surface area (Å²) in [5, 5.41) is 0.613. The van der Waals surface area contributed by atoms with Crippen LogP contribution in [0.15, 0.2) is 22.7 Å². The molecule has 0 radical (unpaired) electrons. The summed E-state index contributed by atoms with van der Waals surface area (Å²) in [4.78, 5) is 11.6. The van der Waals surface area contributed by atoms with Crippen LogP contribution in [-0.4, -0.2) is 11.6 Å². The van der Waals surface area contributed by atoms with Gasteiger partial charge in [0.15, 0.2) is 0 Å². The lowest BCUT2D eigenvalue weighted by Gasteiger charge is -2.19. The van der Waals surface area contributed by atoms with Gasteiger partial charge in [-0.3, -0.25) is 4.79 Å². The van der Waals surface area contributed by atoms with Gasteiger partial charge in [0.2, 0.25) is 0 Å². The Labute approximate surface area is 109 Å². The molecule has 0 bridgehead atoms. The summed E-state index contributed by atoms with van der Waals surface area (Å²) in [6.45, 7) is 5.54. The molecule has 0 aliphatic carbocycles. The van der Waals surface area contributed by atoms with E-state index in [1.165, 1.54) is 0 Å². The second-order valence-electron chi connectivity index (χ2n) is 4.50. The van der Waals surface area contributed by atoms with Crippen LogP contribution in [0.25, 0.3) is 0 Å². The molecule has 2 nitrogen and oxygen atoms in total. The third-order valence-electron chi connectivity index (χ3n) is 1.76. The first kappa shape index (κ1) is 13.5. The van der Waals surface area contributed by atoms with E-state index < -0.39 is 5.60 Å². The van der Waals surface area contributed by atoms with Gasteiger partial charge in [-0.1, -0.05) is 27.5 Å². The number of carbonyl (C=O) groups is 1. The van der Waals surface area contributed by atoms with Gasteiger partial charge in [-0.15, -0.1) is 0 Å². The van der Waals surface area contributed by atoms with Gasteiger partial charge in [0.25, 0.3) is 0 Å². The normalized spacial score (nSPS) is 11.3. The molecule has 0 aliphatic heterocycles. The average Bonchev–Trinajstić information content (AvgIpc) is 2.08. The number of carbonyl (C=O) groups excluding carboxylic acids is 1. The van der Waals surface area contributed by atoms with Gasteiger partial charge in [0, 0.05) is 9.50 Å². The monoisotopic (exact) mass is 304 g/mol. The highest BCUT2D eigenvalue weighted by atomic mass is 79.9. The maximum absolute atomic E-state index is 11.6. The van der Waals surface area contributed by atoms with Crippen molar-refractivity contribution in [2.24, 2.45) is 0 Å². The molecule has 0 N–H and O–H groups in total. The maximum Gasteiger partial charge on any atom is 0.310 e. The van der Waals surface area contributed by atoms with Crippen LogP contribution in [-0.2, 0) is 16.0 Å². The number of benzene rings is 1. The van der Waals surface area contributed by atoms with Crippen molar-refractivity contribution in [1.29, 1.82) is 0 Å². The van der Waals surface area contributed by atoms with Crippen molar-refractivity contribution in [1.82, 2.24) is 0 Å². The maximum atomic E-state index is 11.6. The van der Waals surface area contributed by atoms with Gasteiger partial charge in [-0.25, -0.2) is 0 Å². The minimum absolute atomic E-state index is 0.221. The van der Waals surface area contributed by atoms with E-state index in [0.717, 1.165) is 10.0 Å². The quantitative estimate of drug-likeness (QED) is 0.772. The topological polar surface area (TPSA) is 26.3 Å². The molecule has 16 heavy (non-hydrogen) atoms. The van der Waals surface area contributed by atoms with Crippen LogP contribution in [0.4, 0.5) is 0 Å². The summed E-state index contributed by atoms with van der Waals surface area (Å²) in [7, 11) is 0. The number of hydrogen-bond acceptors (Lipinski definition) is 2. The summed E-state index contributed by atoms with van der Waals surface area (Å²) in [5.41, 5.74) is 0.379. The predicted molar refractivity (Wildman–Crippen MR) is 68.7 cm³/mol. The van der Waals surface area contributed by atoms with Crippen molar-refractivity contribution in [3.63, 3.8) is 0 Å². The highest BCUT2D eigenvalue weighted by molar-refractivity contribution is 9.10. The van der Waals surface area contributed by atoms with Crippen LogP contribution in [0.1, 0.15) is 26.3 Å². The van der Waals surface area contributed by atoms with E-state index in [4.69, 9.17) is 16.3 Å². The van der Waals surface area contributed by atoms with Gasteiger partial charge in [-0.05, 0) is 44.5 Å². The number of ether oxygens (including phenoxy) is 1. The molecule has 4 heteroatoms. The summed E-state index contributed by atoms with van der Waals surface area (Å²) in [5.74, 6) is -0.254. The molecule has 0 amide bonds. The molecular formula is C12H14BrClO2. The van der Waals surface area contributed by atoms with Crippen molar-refractivity contribution in [3.05, 3.63) is 33.3 Å². The smallest absolute Gasteiger partial charge is 0.310 e. The number of rotatable bonds is 2. The van der Waals surface area contributed by atoms with Gasteiger partial charge >= 0.3 is 5.97 Å². The molecule has 0 aromatic heterocycles. The molecule has 0 spiro atoms. The summed E-state index contributed by atoms with van der Waals surface area (Å²) >= 11 is 9.23.